The minimum atomic E-state index is 0.530. The molecule has 0 spiro atoms. The molecular formula is C5H10N. The van der Waals surface area contributed by atoms with E-state index in [0.717, 1.165) is 0 Å². The maximum absolute atomic E-state index is 6.55. The fourth-order valence-electron chi connectivity index (χ4n) is 0.192. The summed E-state index contributed by atoms with van der Waals surface area (Å²) >= 11 is 0. The predicted molar refractivity (Wildman–Crippen MR) is 27.1 cm³/mol. The molecule has 0 aliphatic carbocycles. The van der Waals surface area contributed by atoms with Crippen LogP contribution >= 0.6 is 0 Å². The van der Waals surface area contributed by atoms with Crippen molar-refractivity contribution < 1.29 is 0 Å². The third kappa shape index (κ3) is 3.54. The average Bonchev–Trinajstić information content (AvgIpc) is 1.35. The summed E-state index contributed by atoms with van der Waals surface area (Å²) in [5.74, 6) is 0.530. The first-order chi connectivity index (χ1) is 2.77. The van der Waals surface area contributed by atoms with Crippen LogP contribution in [0.2, 0.25) is 0 Å². The highest BCUT2D eigenvalue weighted by Gasteiger charge is 1.77. The number of hydrogen-bond acceptors (Lipinski definition) is 0. The van der Waals surface area contributed by atoms with Crippen LogP contribution < -0.4 is 5.73 Å². The van der Waals surface area contributed by atoms with Crippen LogP contribution in [0.5, 0.6) is 0 Å². The Labute approximate surface area is 38.8 Å². The first-order valence-electron chi connectivity index (χ1n) is 2.11. The van der Waals surface area contributed by atoms with Crippen LogP contribution in [0.3, 0.4) is 0 Å². The number of allylic oxidation sites excluding steroid dienone is 1. The Morgan fingerprint density at radius 2 is 2.00 bits per heavy atom. The number of rotatable bonds is 1. The molecule has 0 saturated heterocycles. The summed E-state index contributed by atoms with van der Waals surface area (Å²) in [5.41, 5.74) is 6.55. The third-order valence-corrected chi connectivity index (χ3v) is 0.481. The van der Waals surface area contributed by atoms with Gasteiger partial charge in [-0.25, -0.2) is 0 Å². The minimum absolute atomic E-state index is 0.530. The third-order valence-electron chi connectivity index (χ3n) is 0.481. The van der Waals surface area contributed by atoms with Crippen molar-refractivity contribution in [1.29, 1.82) is 0 Å². The van der Waals surface area contributed by atoms with Crippen LogP contribution in [0.25, 0.3) is 0 Å². The van der Waals surface area contributed by atoms with Gasteiger partial charge in [0.2, 0.25) is 0 Å². The zero-order valence-electron chi connectivity index (χ0n) is 4.23. The Kier molecular flexibility index (Phi) is 2.55. The second-order valence-electron chi connectivity index (χ2n) is 1.60. The Hall–Kier alpha value is -0.460. The summed E-state index contributed by atoms with van der Waals surface area (Å²) in [4.78, 5) is 0. The van der Waals surface area contributed by atoms with Crippen LogP contribution in [-0.2, 0) is 0 Å². The van der Waals surface area contributed by atoms with Gasteiger partial charge in [0, 0.05) is 6.20 Å². The molecule has 0 aromatic heterocycles. The maximum atomic E-state index is 6.55. The quantitative estimate of drug-likeness (QED) is 0.459. The predicted octanol–water partition coefficient (Wildman–Crippen LogP) is 1.44. The molecule has 1 N–H and O–H groups in total. The van der Waals surface area contributed by atoms with E-state index in [1.807, 2.05) is 19.9 Å². The first kappa shape index (κ1) is 5.54. The normalized spacial score (nSPS) is 11.2. The van der Waals surface area contributed by atoms with Crippen molar-refractivity contribution in [3.8, 4) is 0 Å². The second-order valence-corrected chi connectivity index (χ2v) is 1.60. The summed E-state index contributed by atoms with van der Waals surface area (Å²) < 4.78 is 0. The van der Waals surface area contributed by atoms with Gasteiger partial charge in [-0.15, -0.1) is 0 Å². The molecule has 0 bridgehead atoms. The van der Waals surface area contributed by atoms with Gasteiger partial charge in [-0.2, -0.15) is 0 Å². The molecule has 0 aliphatic rings. The van der Waals surface area contributed by atoms with Crippen molar-refractivity contribution in [2.24, 2.45) is 5.92 Å². The number of hydrogen-bond donors (Lipinski definition) is 0. The first-order valence-corrected chi connectivity index (χ1v) is 2.11. The zero-order chi connectivity index (χ0) is 4.99. The van der Waals surface area contributed by atoms with E-state index in [-0.39, 0.29) is 0 Å². The van der Waals surface area contributed by atoms with E-state index in [1.54, 1.807) is 0 Å². The molecule has 0 unspecified atom stereocenters. The maximum Gasteiger partial charge on any atom is 0.0140 e. The van der Waals surface area contributed by atoms with Gasteiger partial charge in [0.1, 0.15) is 0 Å². The molecule has 0 rings (SSSR count). The molecular weight excluding hydrogens is 74.1 g/mol. The minimum Gasteiger partial charge on any atom is -0.309 e. The Balaban J connectivity index is 3.03. The van der Waals surface area contributed by atoms with Crippen molar-refractivity contribution in [1.82, 2.24) is 5.73 Å². The van der Waals surface area contributed by atoms with E-state index < -0.39 is 0 Å². The smallest absolute Gasteiger partial charge is 0.0140 e. The molecule has 0 aromatic rings. The molecule has 0 aromatic carbocycles. The summed E-state index contributed by atoms with van der Waals surface area (Å²) in [5, 5.41) is 0. The Morgan fingerprint density at radius 3 is 2.00 bits per heavy atom. The molecule has 1 nitrogen and oxygen atoms in total. The van der Waals surface area contributed by atoms with Gasteiger partial charge in [0.15, 0.2) is 0 Å². The van der Waals surface area contributed by atoms with Gasteiger partial charge in [-0.05, 0) is 5.92 Å². The van der Waals surface area contributed by atoms with Gasteiger partial charge >= 0.3 is 0 Å². The molecule has 0 fully saturated rings. The second kappa shape index (κ2) is 2.76. The van der Waals surface area contributed by atoms with Crippen LogP contribution in [0, 0.1) is 5.92 Å². The Morgan fingerprint density at radius 1 is 1.50 bits per heavy atom. The van der Waals surface area contributed by atoms with E-state index in [1.165, 1.54) is 6.20 Å². The van der Waals surface area contributed by atoms with Gasteiger partial charge in [-0.1, -0.05) is 19.9 Å². The molecule has 1 heteroatoms. The molecule has 1 radical (unpaired) electrons. The van der Waals surface area contributed by atoms with Crippen LogP contribution in [-0.4, -0.2) is 0 Å². The molecule has 0 saturated carbocycles. The lowest BCUT2D eigenvalue weighted by Gasteiger charge is -1.86. The zero-order valence-corrected chi connectivity index (χ0v) is 4.23. The van der Waals surface area contributed by atoms with Crippen molar-refractivity contribution in [2.45, 2.75) is 13.8 Å². The number of nitrogens with one attached hydrogen (secondary N) is 1. The summed E-state index contributed by atoms with van der Waals surface area (Å²) in [6.45, 7) is 4.09. The highest BCUT2D eigenvalue weighted by atomic mass is 14.5. The Bertz CT molecular complexity index is 45.9. The van der Waals surface area contributed by atoms with Crippen molar-refractivity contribution in [3.63, 3.8) is 0 Å². The fourth-order valence-corrected chi connectivity index (χ4v) is 0.192. The average molecular weight is 84.1 g/mol. The largest absolute Gasteiger partial charge is 0.309 e. The van der Waals surface area contributed by atoms with Gasteiger partial charge < -0.3 is 5.73 Å². The van der Waals surface area contributed by atoms with E-state index in [9.17, 15) is 0 Å². The van der Waals surface area contributed by atoms with Crippen LogP contribution in [0.4, 0.5) is 0 Å². The van der Waals surface area contributed by atoms with E-state index in [2.05, 4.69) is 0 Å². The van der Waals surface area contributed by atoms with E-state index in [0.29, 0.717) is 5.92 Å². The molecule has 0 atom stereocenters. The van der Waals surface area contributed by atoms with Crippen molar-refractivity contribution >= 4 is 0 Å². The highest BCUT2D eigenvalue weighted by molar-refractivity contribution is 4.77. The SMILES string of the molecule is CC(C)/C=C/[NH]. The monoisotopic (exact) mass is 84.1 g/mol. The van der Waals surface area contributed by atoms with Gasteiger partial charge in [0.05, 0.1) is 0 Å². The molecule has 0 aliphatic heterocycles. The summed E-state index contributed by atoms with van der Waals surface area (Å²) in [6, 6.07) is 0. The van der Waals surface area contributed by atoms with E-state index >= 15 is 0 Å². The lowest BCUT2D eigenvalue weighted by Crippen LogP contribution is -1.75. The van der Waals surface area contributed by atoms with E-state index in [4.69, 9.17) is 5.73 Å². The topological polar surface area (TPSA) is 23.8 Å². The lowest BCUT2D eigenvalue weighted by molar-refractivity contribution is 0.828. The van der Waals surface area contributed by atoms with Crippen molar-refractivity contribution in [3.05, 3.63) is 12.3 Å². The molecule has 0 amide bonds. The molecule has 35 valence electrons. The molecule has 0 heterocycles. The lowest BCUT2D eigenvalue weighted by atomic mass is 10.2. The van der Waals surface area contributed by atoms with Gasteiger partial charge in [0.25, 0.3) is 0 Å². The standard InChI is InChI=1S/C5H10N/c1-5(2)3-4-6/h3-6H,1-2H3/b4-3+. The highest BCUT2D eigenvalue weighted by Crippen LogP contribution is 1.89. The van der Waals surface area contributed by atoms with Crippen molar-refractivity contribution in [2.75, 3.05) is 0 Å². The van der Waals surface area contributed by atoms with Crippen LogP contribution in [0.1, 0.15) is 13.8 Å². The van der Waals surface area contributed by atoms with Crippen LogP contribution in [0.15, 0.2) is 12.3 Å². The fraction of sp³-hybridized carbons (Fsp3) is 0.600. The summed E-state index contributed by atoms with van der Waals surface area (Å²) in [7, 11) is 0. The molecule has 6 heavy (non-hydrogen) atoms. The summed E-state index contributed by atoms with van der Waals surface area (Å²) in [6.07, 6.45) is 3.16. The van der Waals surface area contributed by atoms with Gasteiger partial charge in [-0.3, -0.25) is 0 Å².